The van der Waals surface area contributed by atoms with Crippen LogP contribution in [0.3, 0.4) is 0 Å². The molecule has 1 atom stereocenters. The zero-order valence-corrected chi connectivity index (χ0v) is 26.6. The molecule has 2 amide bonds. The third-order valence-corrected chi connectivity index (χ3v) is 7.28. The Hall–Kier alpha value is -4.08. The fraction of sp³-hybridized carbons (Fsp3) is 0.543. The maximum Gasteiger partial charge on any atom is 0.354 e. The summed E-state index contributed by atoms with van der Waals surface area (Å²) in [5.41, 5.74) is 0.601. The number of aliphatic carboxylic acids is 2. The number of carbonyl (C=O) groups excluding carboxylic acids is 2. The van der Waals surface area contributed by atoms with Crippen LogP contribution in [0.1, 0.15) is 110 Å². The van der Waals surface area contributed by atoms with Crippen molar-refractivity contribution in [2.45, 2.75) is 116 Å². The lowest BCUT2D eigenvalue weighted by Crippen LogP contribution is -2.39. The van der Waals surface area contributed by atoms with E-state index in [9.17, 15) is 24.3 Å². The number of carboxylic acids is 2. The van der Waals surface area contributed by atoms with Crippen LogP contribution in [-0.4, -0.2) is 46.7 Å². The smallest absolute Gasteiger partial charge is 0.354 e. The summed E-state index contributed by atoms with van der Waals surface area (Å²) < 4.78 is 11.1. The van der Waals surface area contributed by atoms with Crippen LogP contribution >= 0.6 is 0 Å². The summed E-state index contributed by atoms with van der Waals surface area (Å²) >= 11 is 0. The number of nitrogens with one attached hydrogen (secondary N) is 2. The lowest BCUT2D eigenvalue weighted by molar-refractivity contribution is -0.149. The number of amides is 2. The molecule has 45 heavy (non-hydrogen) atoms. The number of para-hydroxylation sites is 1. The summed E-state index contributed by atoms with van der Waals surface area (Å²) in [6, 6.07) is 12.7. The summed E-state index contributed by atoms with van der Waals surface area (Å²) in [5, 5.41) is 23.9. The van der Waals surface area contributed by atoms with Gasteiger partial charge in [-0.2, -0.15) is 0 Å². The summed E-state index contributed by atoms with van der Waals surface area (Å²) in [7, 11) is 0. The zero-order chi connectivity index (χ0) is 32.7. The largest absolute Gasteiger partial charge is 0.491 e. The maximum absolute atomic E-state index is 12.8. The number of ether oxygens (including phenoxy) is 2. The van der Waals surface area contributed by atoms with Gasteiger partial charge in [-0.1, -0.05) is 102 Å². The van der Waals surface area contributed by atoms with E-state index in [4.69, 9.17) is 14.6 Å². The predicted octanol–water partition coefficient (Wildman–Crippen LogP) is 7.82. The van der Waals surface area contributed by atoms with E-state index in [1.54, 1.807) is 36.4 Å². The van der Waals surface area contributed by atoms with Gasteiger partial charge in [0.25, 0.3) is 12.0 Å². The Morgan fingerprint density at radius 3 is 1.89 bits per heavy atom. The van der Waals surface area contributed by atoms with Crippen LogP contribution in [0.5, 0.6) is 11.5 Å². The Balaban J connectivity index is 1.85. The van der Waals surface area contributed by atoms with Crippen LogP contribution in [0.15, 0.2) is 48.5 Å². The van der Waals surface area contributed by atoms with Crippen molar-refractivity contribution in [1.82, 2.24) is 0 Å². The predicted molar refractivity (Wildman–Crippen MR) is 175 cm³/mol. The van der Waals surface area contributed by atoms with Crippen LogP contribution < -0.4 is 20.1 Å². The van der Waals surface area contributed by atoms with Crippen molar-refractivity contribution in [1.29, 1.82) is 0 Å². The molecule has 0 spiro atoms. The van der Waals surface area contributed by atoms with E-state index >= 15 is 0 Å². The lowest BCUT2D eigenvalue weighted by atomic mass is 10.0. The van der Waals surface area contributed by atoms with Gasteiger partial charge in [-0.05, 0) is 37.1 Å². The molecule has 0 bridgehead atoms. The minimum absolute atomic E-state index is 0.0697. The van der Waals surface area contributed by atoms with Gasteiger partial charge in [0.15, 0.2) is 0 Å². The van der Waals surface area contributed by atoms with Crippen LogP contribution in [0, 0.1) is 0 Å². The van der Waals surface area contributed by atoms with Gasteiger partial charge in [0, 0.05) is 24.6 Å². The van der Waals surface area contributed by atoms with Gasteiger partial charge in [0.2, 0.25) is 5.91 Å². The molecular weight excluding hydrogens is 576 g/mol. The monoisotopic (exact) mass is 626 g/mol. The molecule has 2 aromatic carbocycles. The first kappa shape index (κ1) is 37.1. The summed E-state index contributed by atoms with van der Waals surface area (Å²) in [6.07, 6.45) is 14.5. The minimum atomic E-state index is -1.80. The fourth-order valence-corrected chi connectivity index (χ4v) is 4.80. The Bertz CT molecular complexity index is 1170. The molecule has 0 aliphatic rings. The topological polar surface area (TPSA) is 151 Å². The molecule has 0 saturated heterocycles. The highest BCUT2D eigenvalue weighted by Crippen LogP contribution is 2.29. The average molecular weight is 627 g/mol. The van der Waals surface area contributed by atoms with Crippen molar-refractivity contribution < 1.29 is 38.9 Å². The first-order valence-electron chi connectivity index (χ1n) is 16.3. The van der Waals surface area contributed by atoms with E-state index in [0.717, 1.165) is 19.3 Å². The Kier molecular flexibility index (Phi) is 18.5. The molecule has 2 aromatic rings. The number of hydrogen-bond acceptors (Lipinski definition) is 6. The molecule has 2 rings (SSSR count). The van der Waals surface area contributed by atoms with Crippen molar-refractivity contribution in [2.75, 3.05) is 17.2 Å². The Morgan fingerprint density at radius 2 is 1.31 bits per heavy atom. The molecule has 0 aliphatic heterocycles. The van der Waals surface area contributed by atoms with E-state index in [1.165, 1.54) is 76.3 Å². The van der Waals surface area contributed by atoms with E-state index < -0.39 is 23.9 Å². The number of carbonyl (C=O) groups is 4. The lowest BCUT2D eigenvalue weighted by Gasteiger charge is -2.17. The van der Waals surface area contributed by atoms with Gasteiger partial charge in [-0.3, -0.25) is 14.4 Å². The van der Waals surface area contributed by atoms with Gasteiger partial charge in [-0.15, -0.1) is 0 Å². The number of anilines is 2. The first-order valence-corrected chi connectivity index (χ1v) is 16.3. The number of benzene rings is 2. The van der Waals surface area contributed by atoms with Gasteiger partial charge >= 0.3 is 11.9 Å². The highest BCUT2D eigenvalue weighted by Gasteiger charge is 2.29. The molecule has 1 unspecified atom stereocenters. The van der Waals surface area contributed by atoms with Crippen molar-refractivity contribution in [3.05, 3.63) is 48.5 Å². The van der Waals surface area contributed by atoms with Gasteiger partial charge in [0.1, 0.15) is 11.5 Å². The standard InChI is InChI=1S/C35H50N2O8/c1-2-3-4-5-6-7-8-9-10-11-12-13-17-21-31(38)37-29-24-23-27(26-30(29)44-25-18-22-32(39)40)36-34(41)33(35(42)43)45-28-19-15-14-16-20-28/h14-16,19-20,23-24,26,33H,2-13,17-18,21-22,25H2,1H3,(H,36,41)(H,37,38)(H,39,40)(H,42,43). The maximum atomic E-state index is 12.8. The molecule has 0 fully saturated rings. The third kappa shape index (κ3) is 16.5. The number of unbranched alkanes of at least 4 members (excludes halogenated alkanes) is 12. The van der Waals surface area contributed by atoms with Gasteiger partial charge < -0.3 is 30.3 Å². The molecule has 248 valence electrons. The Morgan fingerprint density at radius 1 is 0.711 bits per heavy atom. The van der Waals surface area contributed by atoms with Crippen LogP contribution in [0.2, 0.25) is 0 Å². The number of rotatable bonds is 25. The summed E-state index contributed by atoms with van der Waals surface area (Å²) in [4.78, 5) is 48.1. The van der Waals surface area contributed by atoms with Crippen LogP contribution in [0.25, 0.3) is 0 Å². The second kappa shape index (κ2) is 22.4. The number of hydrogen-bond donors (Lipinski definition) is 4. The molecule has 0 saturated carbocycles. The van der Waals surface area contributed by atoms with E-state index in [-0.39, 0.29) is 42.5 Å². The van der Waals surface area contributed by atoms with Crippen LogP contribution in [0.4, 0.5) is 11.4 Å². The molecular formula is C35H50N2O8. The van der Waals surface area contributed by atoms with Crippen molar-refractivity contribution in [3.8, 4) is 11.5 Å². The van der Waals surface area contributed by atoms with Gasteiger partial charge in [0.05, 0.1) is 12.3 Å². The Labute approximate surface area is 266 Å². The first-order chi connectivity index (χ1) is 21.8. The molecule has 4 N–H and O–H groups in total. The van der Waals surface area contributed by atoms with Gasteiger partial charge in [-0.25, -0.2) is 4.79 Å². The third-order valence-electron chi connectivity index (χ3n) is 7.28. The fourth-order valence-electron chi connectivity index (χ4n) is 4.80. The average Bonchev–Trinajstić information content (AvgIpc) is 3.01. The molecule has 10 heteroatoms. The quantitative estimate of drug-likeness (QED) is 0.0643. The summed E-state index contributed by atoms with van der Waals surface area (Å²) in [5.74, 6) is -3.03. The van der Waals surface area contributed by atoms with Crippen molar-refractivity contribution in [2.24, 2.45) is 0 Å². The second-order valence-corrected chi connectivity index (χ2v) is 11.2. The molecule has 0 heterocycles. The van der Waals surface area contributed by atoms with Crippen molar-refractivity contribution >= 4 is 35.1 Å². The highest BCUT2D eigenvalue weighted by molar-refractivity contribution is 6.07. The summed E-state index contributed by atoms with van der Waals surface area (Å²) in [6.45, 7) is 2.31. The highest BCUT2D eigenvalue weighted by atomic mass is 16.5. The molecule has 10 nitrogen and oxygen atoms in total. The normalized spacial score (nSPS) is 11.4. The SMILES string of the molecule is CCCCCCCCCCCCCCCC(=O)Nc1ccc(NC(=O)C(Oc2ccccc2)C(=O)O)cc1OCCCC(=O)O. The molecule has 0 aromatic heterocycles. The zero-order valence-electron chi connectivity index (χ0n) is 26.6. The molecule has 0 aliphatic carbocycles. The number of carboxylic acid groups (broad SMARTS) is 2. The van der Waals surface area contributed by atoms with E-state index in [2.05, 4.69) is 17.6 Å². The minimum Gasteiger partial charge on any atom is -0.491 e. The van der Waals surface area contributed by atoms with Crippen LogP contribution in [-0.2, 0) is 19.2 Å². The molecule has 0 radical (unpaired) electrons. The van der Waals surface area contributed by atoms with Crippen molar-refractivity contribution in [3.63, 3.8) is 0 Å². The van der Waals surface area contributed by atoms with E-state index in [0.29, 0.717) is 12.1 Å². The van der Waals surface area contributed by atoms with E-state index in [1.807, 2.05) is 0 Å². The second-order valence-electron chi connectivity index (χ2n) is 11.2.